The van der Waals surface area contributed by atoms with Gasteiger partial charge in [0.2, 0.25) is 0 Å². The first-order chi connectivity index (χ1) is 12.8. The quantitative estimate of drug-likeness (QED) is 0.445. The van der Waals surface area contributed by atoms with Gasteiger partial charge in [-0.25, -0.2) is 4.98 Å². The van der Waals surface area contributed by atoms with Crippen molar-refractivity contribution in [2.45, 2.75) is 0 Å². The lowest BCUT2D eigenvalue weighted by atomic mass is 9.87. The van der Waals surface area contributed by atoms with E-state index in [2.05, 4.69) is 91.2 Å². The first-order valence-electron chi connectivity index (χ1n) is 8.83. The highest BCUT2D eigenvalue weighted by Gasteiger charge is 2.16. The van der Waals surface area contributed by atoms with Crippen molar-refractivity contribution in [3.63, 3.8) is 0 Å². The van der Waals surface area contributed by atoms with Crippen molar-refractivity contribution in [1.29, 1.82) is 0 Å². The molecule has 3 aromatic carbocycles. The molecule has 0 aliphatic heterocycles. The Bertz CT molecular complexity index is 1240. The fourth-order valence-electron chi connectivity index (χ4n) is 3.71. The van der Waals surface area contributed by atoms with E-state index >= 15 is 0 Å². The molecule has 0 amide bonds. The SMILES string of the molecule is Bc1cc(-c2nc3ccccn3c2-c2ccccc2)cc2ccccc12. The first kappa shape index (κ1) is 15.0. The van der Waals surface area contributed by atoms with Crippen molar-refractivity contribution >= 4 is 29.7 Å². The van der Waals surface area contributed by atoms with E-state index in [0.29, 0.717) is 0 Å². The molecular weight excluding hydrogens is 315 g/mol. The van der Waals surface area contributed by atoms with Gasteiger partial charge in [0.1, 0.15) is 13.5 Å². The number of benzene rings is 3. The lowest BCUT2D eigenvalue weighted by Gasteiger charge is -2.09. The monoisotopic (exact) mass is 332 g/mol. The van der Waals surface area contributed by atoms with E-state index in [9.17, 15) is 0 Å². The zero-order valence-corrected chi connectivity index (χ0v) is 14.6. The van der Waals surface area contributed by atoms with Crippen LogP contribution in [0.15, 0.2) is 91.1 Å². The molecule has 0 spiro atoms. The molecule has 0 fully saturated rings. The van der Waals surface area contributed by atoms with Crippen molar-refractivity contribution in [2.24, 2.45) is 0 Å². The number of imidazole rings is 1. The van der Waals surface area contributed by atoms with Gasteiger partial charge in [-0.3, -0.25) is 4.40 Å². The molecule has 3 heteroatoms. The van der Waals surface area contributed by atoms with E-state index in [0.717, 1.165) is 22.6 Å². The van der Waals surface area contributed by atoms with Gasteiger partial charge < -0.3 is 0 Å². The Balaban J connectivity index is 1.85. The van der Waals surface area contributed by atoms with E-state index < -0.39 is 0 Å². The number of rotatable bonds is 2. The molecule has 0 bridgehead atoms. The molecular formula is C23H17BN2. The number of hydrogen-bond donors (Lipinski definition) is 0. The topological polar surface area (TPSA) is 17.3 Å². The van der Waals surface area contributed by atoms with Crippen molar-refractivity contribution in [2.75, 3.05) is 0 Å². The third-order valence-electron chi connectivity index (χ3n) is 4.92. The summed E-state index contributed by atoms with van der Waals surface area (Å²) in [6.45, 7) is 0. The van der Waals surface area contributed by atoms with E-state index in [1.807, 2.05) is 12.1 Å². The maximum absolute atomic E-state index is 4.97. The maximum atomic E-state index is 4.97. The molecule has 26 heavy (non-hydrogen) atoms. The molecule has 2 heterocycles. The summed E-state index contributed by atoms with van der Waals surface area (Å²) in [5, 5.41) is 2.54. The molecule has 0 N–H and O–H groups in total. The summed E-state index contributed by atoms with van der Waals surface area (Å²) in [6, 6.07) is 29.7. The molecule has 0 saturated heterocycles. The number of pyridine rings is 1. The van der Waals surface area contributed by atoms with Crippen molar-refractivity contribution in [3.8, 4) is 22.5 Å². The molecule has 0 aliphatic carbocycles. The van der Waals surface area contributed by atoms with Crippen LogP contribution in [0.5, 0.6) is 0 Å². The zero-order chi connectivity index (χ0) is 17.5. The summed E-state index contributed by atoms with van der Waals surface area (Å²) in [5.41, 5.74) is 6.73. The fraction of sp³-hybridized carbons (Fsp3) is 0. The Morgan fingerprint density at radius 2 is 1.50 bits per heavy atom. The van der Waals surface area contributed by atoms with Gasteiger partial charge in [-0.05, 0) is 29.0 Å². The van der Waals surface area contributed by atoms with Crippen LogP contribution in [0, 0.1) is 0 Å². The van der Waals surface area contributed by atoms with Crippen LogP contribution in [0.1, 0.15) is 0 Å². The van der Waals surface area contributed by atoms with E-state index in [1.54, 1.807) is 0 Å². The molecule has 0 radical (unpaired) electrons. The van der Waals surface area contributed by atoms with Gasteiger partial charge in [0.05, 0.1) is 11.4 Å². The third kappa shape index (κ3) is 2.32. The van der Waals surface area contributed by atoms with Gasteiger partial charge in [-0.15, -0.1) is 0 Å². The van der Waals surface area contributed by atoms with Crippen LogP contribution < -0.4 is 5.46 Å². The highest BCUT2D eigenvalue weighted by molar-refractivity contribution is 6.39. The number of aromatic nitrogens is 2. The lowest BCUT2D eigenvalue weighted by molar-refractivity contribution is 1.19. The number of nitrogens with zero attached hydrogens (tertiary/aromatic N) is 2. The van der Waals surface area contributed by atoms with Crippen LogP contribution in [0.3, 0.4) is 0 Å². The summed E-state index contributed by atoms with van der Waals surface area (Å²) >= 11 is 0. The molecule has 122 valence electrons. The van der Waals surface area contributed by atoms with Crippen molar-refractivity contribution in [1.82, 2.24) is 9.38 Å². The van der Waals surface area contributed by atoms with Gasteiger partial charge in [-0.2, -0.15) is 0 Å². The highest BCUT2D eigenvalue weighted by Crippen LogP contribution is 2.33. The molecule has 2 aromatic heterocycles. The van der Waals surface area contributed by atoms with Gasteiger partial charge >= 0.3 is 0 Å². The van der Waals surface area contributed by atoms with E-state index in [4.69, 9.17) is 4.98 Å². The summed E-state index contributed by atoms with van der Waals surface area (Å²) in [7, 11) is 2.17. The lowest BCUT2D eigenvalue weighted by Crippen LogP contribution is -2.04. The Hall–Kier alpha value is -3.33. The van der Waals surface area contributed by atoms with Gasteiger partial charge in [0.15, 0.2) is 0 Å². The second-order valence-corrected chi connectivity index (χ2v) is 6.62. The van der Waals surface area contributed by atoms with Crippen molar-refractivity contribution in [3.05, 3.63) is 91.1 Å². The second-order valence-electron chi connectivity index (χ2n) is 6.62. The van der Waals surface area contributed by atoms with Crippen LogP contribution in [-0.4, -0.2) is 17.2 Å². The highest BCUT2D eigenvalue weighted by atomic mass is 15.0. The Kier molecular flexibility index (Phi) is 3.39. The average molecular weight is 332 g/mol. The fourth-order valence-corrected chi connectivity index (χ4v) is 3.71. The molecule has 0 atom stereocenters. The van der Waals surface area contributed by atoms with Crippen LogP contribution in [0.25, 0.3) is 38.9 Å². The number of fused-ring (bicyclic) bond motifs is 2. The maximum Gasteiger partial charge on any atom is 0.140 e. The average Bonchev–Trinajstić information content (AvgIpc) is 3.08. The summed E-state index contributed by atoms with van der Waals surface area (Å²) in [4.78, 5) is 4.97. The Morgan fingerprint density at radius 3 is 2.38 bits per heavy atom. The molecule has 0 saturated carbocycles. The van der Waals surface area contributed by atoms with Crippen LogP contribution in [0.4, 0.5) is 0 Å². The summed E-state index contributed by atoms with van der Waals surface area (Å²) in [6.07, 6.45) is 2.09. The minimum Gasteiger partial charge on any atom is -0.299 e. The van der Waals surface area contributed by atoms with Crippen LogP contribution in [0.2, 0.25) is 0 Å². The normalized spacial score (nSPS) is 11.2. The standard InChI is InChI=1S/C23H17BN2/c24-20-15-18(14-17-10-4-5-11-19(17)20)22-23(16-8-2-1-3-9-16)26-13-7-6-12-21(26)25-22/h1-15H,24H2. The van der Waals surface area contributed by atoms with Crippen LogP contribution >= 0.6 is 0 Å². The Morgan fingerprint density at radius 1 is 0.731 bits per heavy atom. The van der Waals surface area contributed by atoms with Gasteiger partial charge in [0, 0.05) is 17.3 Å². The molecule has 2 nitrogen and oxygen atoms in total. The minimum atomic E-state index is 0.965. The summed E-state index contributed by atoms with van der Waals surface area (Å²) < 4.78 is 2.18. The minimum absolute atomic E-state index is 0.965. The molecule has 0 aliphatic rings. The van der Waals surface area contributed by atoms with E-state index in [1.165, 1.54) is 21.8 Å². The predicted molar refractivity (Wildman–Crippen MR) is 112 cm³/mol. The molecule has 5 aromatic rings. The Labute approximate surface area is 153 Å². The number of hydrogen-bond acceptors (Lipinski definition) is 1. The van der Waals surface area contributed by atoms with E-state index in [-0.39, 0.29) is 0 Å². The zero-order valence-electron chi connectivity index (χ0n) is 14.6. The third-order valence-corrected chi connectivity index (χ3v) is 4.92. The van der Waals surface area contributed by atoms with Crippen molar-refractivity contribution < 1.29 is 0 Å². The van der Waals surface area contributed by atoms with Crippen LogP contribution in [-0.2, 0) is 0 Å². The van der Waals surface area contributed by atoms with Gasteiger partial charge in [0.25, 0.3) is 0 Å². The molecule has 0 unspecified atom stereocenters. The second kappa shape index (κ2) is 5.89. The molecule has 5 rings (SSSR count). The first-order valence-corrected chi connectivity index (χ1v) is 8.83. The van der Waals surface area contributed by atoms with Gasteiger partial charge in [-0.1, -0.05) is 72.2 Å². The largest absolute Gasteiger partial charge is 0.299 e. The summed E-state index contributed by atoms with van der Waals surface area (Å²) in [5.74, 6) is 0. The smallest absolute Gasteiger partial charge is 0.140 e. The predicted octanol–water partition coefficient (Wildman–Crippen LogP) is 4.08.